The van der Waals surface area contributed by atoms with E-state index in [-0.39, 0.29) is 42.5 Å². The predicted octanol–water partition coefficient (Wildman–Crippen LogP) is 3.90. The summed E-state index contributed by atoms with van der Waals surface area (Å²) in [7, 11) is 0. The number of furan rings is 1. The van der Waals surface area contributed by atoms with Crippen molar-refractivity contribution in [1.82, 2.24) is 24.9 Å². The summed E-state index contributed by atoms with van der Waals surface area (Å²) >= 11 is 0. The Kier molecular flexibility index (Phi) is 6.42. The number of benzene rings is 1. The number of nitrogens with zero attached hydrogens (tertiary/aromatic N) is 4. The number of fused-ring (bicyclic) bond motifs is 1. The largest absolute Gasteiger partial charge is 0.467 e. The summed E-state index contributed by atoms with van der Waals surface area (Å²) in [6.45, 7) is 0.118. The number of carbonyl (C=O) groups excluding carboxylic acids is 2. The van der Waals surface area contributed by atoms with Crippen molar-refractivity contribution in [3.8, 4) is 0 Å². The molecule has 3 N–H and O–H groups in total. The summed E-state index contributed by atoms with van der Waals surface area (Å²) in [5.74, 6) is -0.408. The Morgan fingerprint density at radius 3 is 2.65 bits per heavy atom. The second-order valence-electron chi connectivity index (χ2n) is 8.49. The van der Waals surface area contributed by atoms with E-state index < -0.39 is 24.2 Å². The molecule has 0 bridgehead atoms. The maximum absolute atomic E-state index is 13.9. The number of amides is 2. The molecule has 0 unspecified atom stereocenters. The monoisotopic (exact) mass is 513 g/mol. The van der Waals surface area contributed by atoms with Crippen LogP contribution in [0.3, 0.4) is 0 Å². The van der Waals surface area contributed by atoms with Crippen LogP contribution in [0.2, 0.25) is 0 Å². The van der Waals surface area contributed by atoms with Crippen LogP contribution in [0.4, 0.5) is 24.7 Å². The van der Waals surface area contributed by atoms with Crippen molar-refractivity contribution in [1.29, 1.82) is 0 Å². The van der Waals surface area contributed by atoms with Gasteiger partial charge in [0.05, 0.1) is 36.9 Å². The topological polar surface area (TPSA) is 119 Å². The Morgan fingerprint density at radius 2 is 1.92 bits per heavy atom. The predicted molar refractivity (Wildman–Crippen MR) is 125 cm³/mol. The Labute approximate surface area is 208 Å². The number of anilines is 2. The highest BCUT2D eigenvalue weighted by molar-refractivity contribution is 6.07. The van der Waals surface area contributed by atoms with Gasteiger partial charge in [0, 0.05) is 12.6 Å². The first-order chi connectivity index (χ1) is 17.8. The van der Waals surface area contributed by atoms with E-state index in [4.69, 9.17) is 4.42 Å². The fraction of sp³-hybridized carbons (Fsp3) is 0.250. The first kappa shape index (κ1) is 24.2. The Morgan fingerprint density at radius 1 is 1.11 bits per heavy atom. The number of alkyl halides is 3. The van der Waals surface area contributed by atoms with Crippen LogP contribution in [0.5, 0.6) is 0 Å². The second-order valence-corrected chi connectivity index (χ2v) is 8.49. The second kappa shape index (κ2) is 9.84. The molecule has 1 aliphatic heterocycles. The fourth-order valence-electron chi connectivity index (χ4n) is 4.15. The molecule has 4 heterocycles. The summed E-state index contributed by atoms with van der Waals surface area (Å²) in [5, 5.41) is 16.3. The standard InChI is InChI=1S/C24H22F3N7O3/c25-24(26,27)20-9-19(15-5-2-1-3-6-15)32-22-18(12-30-34(20)22)23(36)31-16-10-29-33(13-16)14-21(35)28-11-17-7-4-8-37-17/h1-8,10,12-13,19-20,32H,9,11,14H2,(H,28,35)(H,31,36)/t19-,20+/m1/s1. The summed E-state index contributed by atoms with van der Waals surface area (Å²) in [4.78, 5) is 25.1. The molecule has 2 amide bonds. The molecule has 5 rings (SSSR count). The molecule has 2 atom stereocenters. The molecule has 37 heavy (non-hydrogen) atoms. The van der Waals surface area contributed by atoms with Crippen LogP contribution in [0.1, 0.15) is 40.2 Å². The molecule has 0 aliphatic carbocycles. The first-order valence-corrected chi connectivity index (χ1v) is 11.4. The summed E-state index contributed by atoms with van der Waals surface area (Å²) in [6, 6.07) is 9.62. The molecule has 0 radical (unpaired) electrons. The first-order valence-electron chi connectivity index (χ1n) is 11.4. The Hall–Kier alpha value is -4.55. The van der Waals surface area contributed by atoms with Crippen molar-refractivity contribution in [2.45, 2.75) is 37.8 Å². The van der Waals surface area contributed by atoms with Gasteiger partial charge in [0.15, 0.2) is 6.04 Å². The summed E-state index contributed by atoms with van der Waals surface area (Å²) < 4.78 is 48.9. The molecular weight excluding hydrogens is 491 g/mol. The van der Waals surface area contributed by atoms with Gasteiger partial charge in [0.25, 0.3) is 5.91 Å². The van der Waals surface area contributed by atoms with E-state index >= 15 is 0 Å². The number of aromatic nitrogens is 4. The van der Waals surface area contributed by atoms with Gasteiger partial charge in [-0.15, -0.1) is 0 Å². The lowest BCUT2D eigenvalue weighted by Gasteiger charge is -2.34. The lowest BCUT2D eigenvalue weighted by Crippen LogP contribution is -2.36. The van der Waals surface area contributed by atoms with Gasteiger partial charge in [0.1, 0.15) is 23.7 Å². The van der Waals surface area contributed by atoms with Crippen LogP contribution in [0.25, 0.3) is 0 Å². The van der Waals surface area contributed by atoms with Crippen molar-refractivity contribution in [3.63, 3.8) is 0 Å². The van der Waals surface area contributed by atoms with Gasteiger partial charge in [-0.25, -0.2) is 4.68 Å². The van der Waals surface area contributed by atoms with E-state index in [9.17, 15) is 22.8 Å². The number of nitrogens with one attached hydrogen (secondary N) is 3. The molecule has 192 valence electrons. The number of hydrogen-bond donors (Lipinski definition) is 3. The quantitative estimate of drug-likeness (QED) is 0.345. The van der Waals surface area contributed by atoms with E-state index in [0.29, 0.717) is 11.3 Å². The zero-order valence-electron chi connectivity index (χ0n) is 19.3. The average Bonchev–Trinajstić information content (AvgIpc) is 3.63. The zero-order valence-corrected chi connectivity index (χ0v) is 19.3. The number of halogens is 3. The fourth-order valence-corrected chi connectivity index (χ4v) is 4.15. The van der Waals surface area contributed by atoms with E-state index in [0.717, 1.165) is 10.9 Å². The van der Waals surface area contributed by atoms with E-state index in [2.05, 4.69) is 26.1 Å². The molecule has 0 fully saturated rings. The van der Waals surface area contributed by atoms with Gasteiger partial charge < -0.3 is 20.4 Å². The number of carbonyl (C=O) groups is 2. The lowest BCUT2D eigenvalue weighted by atomic mass is 9.96. The highest BCUT2D eigenvalue weighted by atomic mass is 19.4. The van der Waals surface area contributed by atoms with Crippen molar-refractivity contribution in [3.05, 3.63) is 84.2 Å². The van der Waals surface area contributed by atoms with Gasteiger partial charge in [-0.2, -0.15) is 23.4 Å². The highest BCUT2D eigenvalue weighted by Crippen LogP contribution is 2.44. The van der Waals surface area contributed by atoms with E-state index in [1.54, 1.807) is 42.5 Å². The summed E-state index contributed by atoms with van der Waals surface area (Å²) in [5.41, 5.74) is 0.896. The smallest absolute Gasteiger partial charge is 0.410 e. The average molecular weight is 513 g/mol. The van der Waals surface area contributed by atoms with E-state index in [1.807, 2.05) is 0 Å². The normalized spacial score (nSPS) is 17.1. The number of hydrogen-bond acceptors (Lipinski definition) is 6. The van der Waals surface area contributed by atoms with Gasteiger partial charge in [-0.1, -0.05) is 30.3 Å². The SMILES string of the molecule is O=C(Cn1cc(NC(=O)c2cnn3c2N[C@@H](c2ccccc2)C[C@H]3C(F)(F)F)cn1)NCc1ccco1. The molecule has 3 aromatic heterocycles. The Balaban J connectivity index is 1.29. The van der Waals surface area contributed by atoms with Gasteiger partial charge >= 0.3 is 6.18 Å². The lowest BCUT2D eigenvalue weighted by molar-refractivity contribution is -0.173. The zero-order chi connectivity index (χ0) is 26.0. The van der Waals surface area contributed by atoms with Crippen LogP contribution < -0.4 is 16.0 Å². The van der Waals surface area contributed by atoms with Crippen LogP contribution in [-0.4, -0.2) is 37.6 Å². The van der Waals surface area contributed by atoms with Crippen molar-refractivity contribution in [2.75, 3.05) is 10.6 Å². The highest BCUT2D eigenvalue weighted by Gasteiger charge is 2.47. The van der Waals surface area contributed by atoms with Gasteiger partial charge in [-0.3, -0.25) is 14.3 Å². The third-order valence-electron chi connectivity index (χ3n) is 5.92. The third kappa shape index (κ3) is 5.34. The molecule has 0 spiro atoms. The van der Waals surface area contributed by atoms with Crippen molar-refractivity contribution in [2.24, 2.45) is 0 Å². The van der Waals surface area contributed by atoms with Crippen molar-refractivity contribution >= 4 is 23.3 Å². The van der Waals surface area contributed by atoms with Crippen LogP contribution in [0.15, 0.2) is 71.7 Å². The molecule has 0 saturated heterocycles. The third-order valence-corrected chi connectivity index (χ3v) is 5.92. The van der Waals surface area contributed by atoms with Crippen LogP contribution in [-0.2, 0) is 17.9 Å². The minimum atomic E-state index is -4.55. The molecule has 1 aliphatic rings. The molecular formula is C24H22F3N7O3. The molecule has 4 aromatic rings. The molecule has 13 heteroatoms. The van der Waals surface area contributed by atoms with E-state index in [1.165, 1.54) is 23.3 Å². The summed E-state index contributed by atoms with van der Waals surface area (Å²) in [6.07, 6.45) is 0.574. The molecule has 0 saturated carbocycles. The molecule has 1 aromatic carbocycles. The Bertz CT molecular complexity index is 1380. The minimum Gasteiger partial charge on any atom is -0.467 e. The van der Waals surface area contributed by atoms with Crippen molar-refractivity contribution < 1.29 is 27.2 Å². The maximum Gasteiger partial charge on any atom is 0.410 e. The van der Waals surface area contributed by atoms with Crippen LogP contribution in [0, 0.1) is 0 Å². The maximum atomic E-state index is 13.9. The minimum absolute atomic E-state index is 0.0235. The van der Waals surface area contributed by atoms with Crippen LogP contribution >= 0.6 is 0 Å². The molecule has 10 nitrogen and oxygen atoms in total. The number of rotatable bonds is 7. The van der Waals surface area contributed by atoms with Gasteiger partial charge in [0.2, 0.25) is 5.91 Å². The van der Waals surface area contributed by atoms with Gasteiger partial charge in [-0.05, 0) is 17.7 Å².